The van der Waals surface area contributed by atoms with Crippen molar-refractivity contribution in [1.29, 1.82) is 0 Å². The second-order valence-electron chi connectivity index (χ2n) is 5.34. The third kappa shape index (κ3) is 7.07. The van der Waals surface area contributed by atoms with Gasteiger partial charge in [0, 0.05) is 12.6 Å². The highest BCUT2D eigenvalue weighted by molar-refractivity contribution is 5.70. The lowest BCUT2D eigenvalue weighted by atomic mass is 10.0. The van der Waals surface area contributed by atoms with Gasteiger partial charge in [-0.15, -0.1) is 0 Å². The third-order valence-corrected chi connectivity index (χ3v) is 3.13. The molecule has 0 aliphatic heterocycles. The summed E-state index contributed by atoms with van der Waals surface area (Å²) in [5, 5.41) is 3.79. The number of hydrogen-bond acceptors (Lipinski definition) is 3. The normalized spacial score (nSPS) is 12.6. The van der Waals surface area contributed by atoms with Gasteiger partial charge in [0.05, 0.1) is 0 Å². The van der Waals surface area contributed by atoms with E-state index in [-0.39, 0.29) is 11.9 Å². The average molecular weight is 275 g/mol. The van der Waals surface area contributed by atoms with E-state index in [1.807, 2.05) is 0 Å². The molecule has 0 saturated heterocycles. The monoisotopic (exact) mass is 275 g/mol. The molecule has 110 valence electrons. The van der Waals surface area contributed by atoms with Crippen LogP contribution in [0.25, 0.3) is 0 Å². The fourth-order valence-electron chi connectivity index (χ4n) is 1.91. The first-order valence-electron chi connectivity index (χ1n) is 7.40. The molecule has 0 heterocycles. The lowest BCUT2D eigenvalue weighted by molar-refractivity contribution is -0.143. The molecule has 1 atom stereocenters. The number of rotatable bonds is 8. The molecule has 0 aliphatic rings. The number of carbonyl (C=O) groups excluding carboxylic acids is 1. The van der Waals surface area contributed by atoms with Crippen LogP contribution in [-0.2, 0) is 16.1 Å². The predicted molar refractivity (Wildman–Crippen MR) is 82.8 cm³/mol. The maximum absolute atomic E-state index is 11.4. The van der Waals surface area contributed by atoms with Gasteiger partial charge in [0.1, 0.15) is 0 Å². The minimum atomic E-state index is -0.239. The maximum atomic E-state index is 11.4. The minimum absolute atomic E-state index is 0.239. The molecule has 3 nitrogen and oxygen atoms in total. The van der Waals surface area contributed by atoms with Gasteiger partial charge in [0.2, 0.25) is 0 Å². The second kappa shape index (κ2) is 9.29. The Hall–Kier alpha value is -1.64. The zero-order valence-electron chi connectivity index (χ0n) is 12.8. The van der Waals surface area contributed by atoms with Crippen molar-refractivity contribution < 1.29 is 9.63 Å². The Labute approximate surface area is 122 Å². The Kier molecular flexibility index (Phi) is 7.63. The van der Waals surface area contributed by atoms with Crippen molar-refractivity contribution >= 4 is 12.2 Å². The molecule has 0 amide bonds. The molecule has 1 unspecified atom stereocenters. The Morgan fingerprint density at radius 3 is 2.65 bits per heavy atom. The Balaban J connectivity index is 2.27. The Morgan fingerprint density at radius 1 is 1.30 bits per heavy atom. The van der Waals surface area contributed by atoms with E-state index < -0.39 is 0 Å². The van der Waals surface area contributed by atoms with Gasteiger partial charge in [-0.1, -0.05) is 61.7 Å². The SMILES string of the molecule is CCCCCC(=O)ON=CC(C)Cc1ccc(C)cc1. The number of hydrogen-bond donors (Lipinski definition) is 0. The minimum Gasteiger partial charge on any atom is -0.319 e. The standard InChI is InChI=1S/C17H25NO2/c1-4-5-6-7-17(19)20-18-13-15(3)12-16-10-8-14(2)9-11-16/h8-11,13,15H,4-7,12H2,1-3H3. The van der Waals surface area contributed by atoms with Crippen molar-refractivity contribution in [2.75, 3.05) is 0 Å². The highest BCUT2D eigenvalue weighted by Gasteiger charge is 2.03. The van der Waals surface area contributed by atoms with Crippen LogP contribution >= 0.6 is 0 Å². The van der Waals surface area contributed by atoms with Crippen LogP contribution in [0, 0.1) is 12.8 Å². The average Bonchev–Trinajstić information content (AvgIpc) is 2.42. The summed E-state index contributed by atoms with van der Waals surface area (Å²) < 4.78 is 0. The summed E-state index contributed by atoms with van der Waals surface area (Å²) in [6.07, 6.45) is 6.10. The van der Waals surface area contributed by atoms with Crippen LogP contribution < -0.4 is 0 Å². The fraction of sp³-hybridized carbons (Fsp3) is 0.529. The molecule has 0 spiro atoms. The molecule has 1 aromatic rings. The Bertz CT molecular complexity index is 423. The molecule has 0 radical (unpaired) electrons. The molecule has 1 aromatic carbocycles. The highest BCUT2D eigenvalue weighted by atomic mass is 16.7. The summed E-state index contributed by atoms with van der Waals surface area (Å²) in [4.78, 5) is 16.2. The highest BCUT2D eigenvalue weighted by Crippen LogP contribution is 2.09. The summed E-state index contributed by atoms with van der Waals surface area (Å²) in [5.41, 5.74) is 2.53. The first-order valence-corrected chi connectivity index (χ1v) is 7.40. The third-order valence-electron chi connectivity index (χ3n) is 3.13. The van der Waals surface area contributed by atoms with Crippen LogP contribution in [0.5, 0.6) is 0 Å². The molecule has 0 saturated carbocycles. The molecule has 0 bridgehead atoms. The summed E-state index contributed by atoms with van der Waals surface area (Å²) in [5.74, 6) is 0.0124. The van der Waals surface area contributed by atoms with Crippen molar-refractivity contribution in [3.05, 3.63) is 35.4 Å². The van der Waals surface area contributed by atoms with Gasteiger partial charge in [-0.25, -0.2) is 4.79 Å². The van der Waals surface area contributed by atoms with E-state index >= 15 is 0 Å². The van der Waals surface area contributed by atoms with E-state index in [1.54, 1.807) is 6.21 Å². The van der Waals surface area contributed by atoms with Gasteiger partial charge in [0.15, 0.2) is 0 Å². The smallest absolute Gasteiger partial charge is 0.319 e. The topological polar surface area (TPSA) is 38.7 Å². The molecular formula is C17H25NO2. The summed E-state index contributed by atoms with van der Waals surface area (Å²) in [6, 6.07) is 8.45. The zero-order valence-corrected chi connectivity index (χ0v) is 12.8. The van der Waals surface area contributed by atoms with Crippen molar-refractivity contribution in [1.82, 2.24) is 0 Å². The van der Waals surface area contributed by atoms with Crippen LogP contribution in [0.3, 0.4) is 0 Å². The molecule has 0 aromatic heterocycles. The van der Waals surface area contributed by atoms with Crippen molar-refractivity contribution in [3.8, 4) is 0 Å². The maximum Gasteiger partial charge on any atom is 0.334 e. The Morgan fingerprint density at radius 2 is 2.00 bits per heavy atom. The summed E-state index contributed by atoms with van der Waals surface area (Å²) in [6.45, 7) is 6.25. The van der Waals surface area contributed by atoms with E-state index in [4.69, 9.17) is 4.84 Å². The zero-order chi connectivity index (χ0) is 14.8. The molecular weight excluding hydrogens is 250 g/mol. The molecule has 20 heavy (non-hydrogen) atoms. The fourth-order valence-corrected chi connectivity index (χ4v) is 1.91. The van der Waals surface area contributed by atoms with Crippen molar-refractivity contribution in [2.45, 2.75) is 52.9 Å². The number of oxime groups is 1. The van der Waals surface area contributed by atoms with Crippen molar-refractivity contribution in [2.24, 2.45) is 11.1 Å². The molecule has 0 fully saturated rings. The number of aryl methyl sites for hydroxylation is 1. The summed E-state index contributed by atoms with van der Waals surface area (Å²) in [7, 11) is 0. The van der Waals surface area contributed by atoms with E-state index in [0.29, 0.717) is 6.42 Å². The van der Waals surface area contributed by atoms with E-state index in [0.717, 1.165) is 25.7 Å². The molecule has 0 N–H and O–H groups in total. The van der Waals surface area contributed by atoms with Gasteiger partial charge < -0.3 is 4.84 Å². The lowest BCUT2D eigenvalue weighted by Crippen LogP contribution is -2.04. The predicted octanol–water partition coefficient (Wildman–Crippen LogP) is 4.28. The quantitative estimate of drug-likeness (QED) is 0.307. The van der Waals surface area contributed by atoms with Gasteiger partial charge in [-0.2, -0.15) is 0 Å². The van der Waals surface area contributed by atoms with Crippen LogP contribution in [0.1, 0.15) is 50.7 Å². The number of nitrogens with zero attached hydrogens (tertiary/aromatic N) is 1. The molecule has 0 aliphatic carbocycles. The summed E-state index contributed by atoms with van der Waals surface area (Å²) >= 11 is 0. The van der Waals surface area contributed by atoms with Gasteiger partial charge in [0.25, 0.3) is 0 Å². The molecule has 1 rings (SSSR count). The number of carbonyl (C=O) groups is 1. The lowest BCUT2D eigenvalue weighted by Gasteiger charge is -2.05. The van der Waals surface area contributed by atoms with Crippen LogP contribution in [0.2, 0.25) is 0 Å². The second-order valence-corrected chi connectivity index (χ2v) is 5.34. The van der Waals surface area contributed by atoms with Crippen LogP contribution in [0.15, 0.2) is 29.4 Å². The van der Waals surface area contributed by atoms with E-state index in [9.17, 15) is 4.79 Å². The van der Waals surface area contributed by atoms with E-state index in [2.05, 4.69) is 50.2 Å². The van der Waals surface area contributed by atoms with Crippen LogP contribution in [-0.4, -0.2) is 12.2 Å². The van der Waals surface area contributed by atoms with E-state index in [1.165, 1.54) is 11.1 Å². The van der Waals surface area contributed by atoms with Gasteiger partial charge >= 0.3 is 5.97 Å². The van der Waals surface area contributed by atoms with Gasteiger partial charge in [-0.3, -0.25) is 0 Å². The van der Waals surface area contributed by atoms with Crippen molar-refractivity contribution in [3.63, 3.8) is 0 Å². The molecule has 3 heteroatoms. The van der Waals surface area contributed by atoms with Crippen LogP contribution in [0.4, 0.5) is 0 Å². The van der Waals surface area contributed by atoms with Gasteiger partial charge in [-0.05, 0) is 31.2 Å². The number of unbranched alkanes of at least 4 members (excludes halogenated alkanes) is 2. The first kappa shape index (κ1) is 16.4. The largest absolute Gasteiger partial charge is 0.334 e. The first-order chi connectivity index (χ1) is 9.61. The number of benzene rings is 1.